The van der Waals surface area contributed by atoms with Crippen molar-refractivity contribution in [1.82, 2.24) is 9.97 Å². The van der Waals surface area contributed by atoms with E-state index in [4.69, 9.17) is 5.26 Å². The van der Waals surface area contributed by atoms with Crippen LogP contribution >= 0.6 is 11.3 Å². The first kappa shape index (κ1) is 8.66. The standard InChI is InChI=1S/C9H6N4S/c10-5-7-1-3-11-9(12-7)13-8-2-4-14-6-8/h1-4,6H,(H,11,12,13). The summed E-state index contributed by atoms with van der Waals surface area (Å²) in [6.45, 7) is 0. The molecule has 4 nitrogen and oxygen atoms in total. The summed E-state index contributed by atoms with van der Waals surface area (Å²) < 4.78 is 0. The Morgan fingerprint density at radius 3 is 3.07 bits per heavy atom. The SMILES string of the molecule is N#Cc1ccnc(Nc2ccsc2)n1. The van der Waals surface area contributed by atoms with Gasteiger partial charge in [0, 0.05) is 11.6 Å². The van der Waals surface area contributed by atoms with E-state index in [2.05, 4.69) is 15.3 Å². The van der Waals surface area contributed by atoms with Crippen LogP contribution in [0.1, 0.15) is 5.69 Å². The summed E-state index contributed by atoms with van der Waals surface area (Å²) in [7, 11) is 0. The zero-order valence-corrected chi connectivity index (χ0v) is 7.95. The van der Waals surface area contributed by atoms with Crippen LogP contribution in [0.5, 0.6) is 0 Å². The van der Waals surface area contributed by atoms with Crippen LogP contribution in [-0.4, -0.2) is 9.97 Å². The topological polar surface area (TPSA) is 61.6 Å². The van der Waals surface area contributed by atoms with E-state index < -0.39 is 0 Å². The van der Waals surface area contributed by atoms with Gasteiger partial charge in [0.05, 0.1) is 5.69 Å². The summed E-state index contributed by atoms with van der Waals surface area (Å²) >= 11 is 1.59. The maximum Gasteiger partial charge on any atom is 0.228 e. The maximum absolute atomic E-state index is 8.62. The van der Waals surface area contributed by atoms with Crippen molar-refractivity contribution >= 4 is 23.0 Å². The third-order valence-corrected chi connectivity index (χ3v) is 2.23. The molecule has 0 amide bonds. The van der Waals surface area contributed by atoms with Crippen molar-refractivity contribution in [2.24, 2.45) is 0 Å². The zero-order valence-electron chi connectivity index (χ0n) is 7.14. The zero-order chi connectivity index (χ0) is 9.80. The predicted molar refractivity (Wildman–Crippen MR) is 54.3 cm³/mol. The van der Waals surface area contributed by atoms with Gasteiger partial charge < -0.3 is 5.32 Å². The average molecular weight is 202 g/mol. The number of hydrogen-bond acceptors (Lipinski definition) is 5. The van der Waals surface area contributed by atoms with Gasteiger partial charge in [0.1, 0.15) is 11.8 Å². The molecule has 0 atom stereocenters. The summed E-state index contributed by atoms with van der Waals surface area (Å²) in [6.07, 6.45) is 1.56. The fraction of sp³-hybridized carbons (Fsp3) is 0. The van der Waals surface area contributed by atoms with Crippen molar-refractivity contribution in [2.45, 2.75) is 0 Å². The second kappa shape index (κ2) is 3.85. The van der Waals surface area contributed by atoms with E-state index in [0.717, 1.165) is 5.69 Å². The summed E-state index contributed by atoms with van der Waals surface area (Å²) in [4.78, 5) is 7.98. The molecule has 2 heterocycles. The van der Waals surface area contributed by atoms with E-state index in [1.165, 1.54) is 0 Å². The first-order valence-electron chi connectivity index (χ1n) is 3.91. The molecule has 0 saturated heterocycles. The van der Waals surface area contributed by atoms with Crippen LogP contribution in [-0.2, 0) is 0 Å². The second-order valence-electron chi connectivity index (χ2n) is 2.51. The molecule has 0 aliphatic heterocycles. The highest BCUT2D eigenvalue weighted by atomic mass is 32.1. The molecule has 0 bridgehead atoms. The molecule has 0 aliphatic carbocycles. The van der Waals surface area contributed by atoms with Gasteiger partial charge in [-0.2, -0.15) is 16.6 Å². The van der Waals surface area contributed by atoms with Crippen molar-refractivity contribution in [1.29, 1.82) is 5.26 Å². The lowest BCUT2D eigenvalue weighted by atomic mass is 10.4. The molecule has 0 fully saturated rings. The van der Waals surface area contributed by atoms with Crippen LogP contribution in [0.4, 0.5) is 11.6 Å². The number of thiophene rings is 1. The van der Waals surface area contributed by atoms with Gasteiger partial charge in [-0.25, -0.2) is 9.97 Å². The minimum absolute atomic E-state index is 0.359. The van der Waals surface area contributed by atoms with Gasteiger partial charge >= 0.3 is 0 Å². The van der Waals surface area contributed by atoms with Crippen molar-refractivity contribution < 1.29 is 0 Å². The molecule has 5 heteroatoms. The molecular weight excluding hydrogens is 196 g/mol. The van der Waals surface area contributed by atoms with Crippen LogP contribution in [0.2, 0.25) is 0 Å². The van der Waals surface area contributed by atoms with Crippen molar-refractivity contribution in [2.75, 3.05) is 5.32 Å². The quantitative estimate of drug-likeness (QED) is 0.810. The Balaban J connectivity index is 2.22. The van der Waals surface area contributed by atoms with Crippen LogP contribution < -0.4 is 5.32 Å². The van der Waals surface area contributed by atoms with Gasteiger partial charge in [-0.3, -0.25) is 0 Å². The summed E-state index contributed by atoms with van der Waals surface area (Å²) in [5, 5.41) is 15.5. The number of rotatable bonds is 2. The van der Waals surface area contributed by atoms with Gasteiger partial charge in [-0.15, -0.1) is 0 Å². The molecule has 0 aromatic carbocycles. The third kappa shape index (κ3) is 1.87. The van der Waals surface area contributed by atoms with Gasteiger partial charge in [-0.05, 0) is 17.5 Å². The fourth-order valence-electron chi connectivity index (χ4n) is 0.946. The molecule has 2 aromatic heterocycles. The Morgan fingerprint density at radius 1 is 1.43 bits per heavy atom. The van der Waals surface area contributed by atoms with E-state index in [9.17, 15) is 0 Å². The van der Waals surface area contributed by atoms with Crippen molar-refractivity contribution in [3.63, 3.8) is 0 Å². The molecule has 0 aliphatic rings. The number of aromatic nitrogens is 2. The average Bonchev–Trinajstić information content (AvgIpc) is 2.71. The summed E-state index contributed by atoms with van der Waals surface area (Å²) in [5.41, 5.74) is 1.29. The molecule has 0 spiro atoms. The largest absolute Gasteiger partial charge is 0.323 e. The molecule has 2 aromatic rings. The minimum Gasteiger partial charge on any atom is -0.323 e. The van der Waals surface area contributed by atoms with Crippen LogP contribution in [0.15, 0.2) is 29.1 Å². The third-order valence-electron chi connectivity index (χ3n) is 1.55. The highest BCUT2D eigenvalue weighted by Crippen LogP contribution is 2.15. The van der Waals surface area contributed by atoms with Crippen LogP contribution in [0.3, 0.4) is 0 Å². The van der Waals surface area contributed by atoms with Gasteiger partial charge in [0.2, 0.25) is 5.95 Å². The number of anilines is 2. The number of hydrogen-bond donors (Lipinski definition) is 1. The molecule has 68 valence electrons. The smallest absolute Gasteiger partial charge is 0.228 e. The minimum atomic E-state index is 0.359. The normalized spacial score (nSPS) is 9.36. The highest BCUT2D eigenvalue weighted by molar-refractivity contribution is 7.08. The van der Waals surface area contributed by atoms with E-state index in [1.807, 2.05) is 22.9 Å². The monoisotopic (exact) mass is 202 g/mol. The molecule has 2 rings (SSSR count). The van der Waals surface area contributed by atoms with Gasteiger partial charge in [0.15, 0.2) is 0 Å². The van der Waals surface area contributed by atoms with E-state index in [1.54, 1.807) is 23.6 Å². The highest BCUT2D eigenvalue weighted by Gasteiger charge is 1.98. The Labute approximate surface area is 84.9 Å². The number of nitrogens with one attached hydrogen (secondary N) is 1. The molecule has 1 N–H and O–H groups in total. The lowest BCUT2D eigenvalue weighted by molar-refractivity contribution is 1.14. The maximum atomic E-state index is 8.62. The Bertz CT molecular complexity index is 458. The Morgan fingerprint density at radius 2 is 2.36 bits per heavy atom. The molecule has 0 saturated carbocycles. The van der Waals surface area contributed by atoms with Crippen molar-refractivity contribution in [3.8, 4) is 6.07 Å². The Hall–Kier alpha value is -1.93. The molecule has 0 unspecified atom stereocenters. The van der Waals surface area contributed by atoms with Crippen LogP contribution in [0.25, 0.3) is 0 Å². The fourth-order valence-corrected chi connectivity index (χ4v) is 1.53. The van der Waals surface area contributed by atoms with Gasteiger partial charge in [0.25, 0.3) is 0 Å². The summed E-state index contributed by atoms with van der Waals surface area (Å²) in [6, 6.07) is 5.45. The summed E-state index contributed by atoms with van der Waals surface area (Å²) in [5.74, 6) is 0.447. The molecule has 0 radical (unpaired) electrons. The van der Waals surface area contributed by atoms with Crippen LogP contribution in [0, 0.1) is 11.3 Å². The first-order valence-corrected chi connectivity index (χ1v) is 4.85. The van der Waals surface area contributed by atoms with Gasteiger partial charge in [-0.1, -0.05) is 0 Å². The van der Waals surface area contributed by atoms with E-state index in [0.29, 0.717) is 11.6 Å². The number of nitrogens with zero attached hydrogens (tertiary/aromatic N) is 3. The molecule has 14 heavy (non-hydrogen) atoms. The lowest BCUT2D eigenvalue weighted by Crippen LogP contribution is -1.96. The van der Waals surface area contributed by atoms with Crippen molar-refractivity contribution in [3.05, 3.63) is 34.8 Å². The van der Waals surface area contributed by atoms with E-state index >= 15 is 0 Å². The molecular formula is C9H6N4S. The number of nitriles is 1. The lowest BCUT2D eigenvalue weighted by Gasteiger charge is -2.00. The Kier molecular flexibility index (Phi) is 2.38. The predicted octanol–water partition coefficient (Wildman–Crippen LogP) is 2.15. The van der Waals surface area contributed by atoms with E-state index in [-0.39, 0.29) is 0 Å². The first-order chi connectivity index (χ1) is 6.88. The second-order valence-corrected chi connectivity index (χ2v) is 3.29.